The fourth-order valence-corrected chi connectivity index (χ4v) is 3.49. The van der Waals surface area contributed by atoms with Crippen molar-refractivity contribution >= 4 is 39.1 Å². The highest BCUT2D eigenvalue weighted by molar-refractivity contribution is 9.10. The summed E-state index contributed by atoms with van der Waals surface area (Å²) in [5.74, 6) is 2.56. The smallest absolute Gasteiger partial charge is 0.293 e. The molecule has 158 valence electrons. The van der Waals surface area contributed by atoms with Crippen molar-refractivity contribution in [3.8, 4) is 11.5 Å². The average Bonchev–Trinajstić information content (AvgIpc) is 2.73. The number of nitrogens with one attached hydrogen (secondary N) is 1. The fraction of sp³-hybridized carbons (Fsp3) is 0.318. The van der Waals surface area contributed by atoms with E-state index in [0.29, 0.717) is 43.4 Å². The first-order valence-corrected chi connectivity index (χ1v) is 10.4. The van der Waals surface area contributed by atoms with Crippen LogP contribution < -0.4 is 14.8 Å². The van der Waals surface area contributed by atoms with Gasteiger partial charge in [0.25, 0.3) is 6.47 Å². The van der Waals surface area contributed by atoms with Crippen LogP contribution in [0.2, 0.25) is 0 Å². The summed E-state index contributed by atoms with van der Waals surface area (Å²) in [6.07, 6.45) is 0.583. The van der Waals surface area contributed by atoms with Gasteiger partial charge in [0, 0.05) is 22.3 Å². The van der Waals surface area contributed by atoms with Crippen LogP contribution in [0.4, 0.5) is 5.82 Å². The Labute approximate surface area is 183 Å². The number of hydrogen-bond donors (Lipinski definition) is 1. The Hall–Kier alpha value is -2.87. The second kappa shape index (κ2) is 10.2. The first-order chi connectivity index (χ1) is 14.5. The number of aryl methyl sites for hydroxylation is 1. The van der Waals surface area contributed by atoms with Crippen LogP contribution in [0.15, 0.2) is 40.9 Å². The Morgan fingerprint density at radius 2 is 2.00 bits per heavy atom. The third-order valence-corrected chi connectivity index (χ3v) is 5.02. The van der Waals surface area contributed by atoms with Crippen molar-refractivity contribution < 1.29 is 19.0 Å². The summed E-state index contributed by atoms with van der Waals surface area (Å²) in [5.41, 5.74) is 1.89. The lowest BCUT2D eigenvalue weighted by molar-refractivity contribution is -0.128. The highest BCUT2D eigenvalue weighted by atomic mass is 79.9. The zero-order valence-electron chi connectivity index (χ0n) is 17.1. The molecule has 0 aliphatic heterocycles. The second-order valence-corrected chi connectivity index (χ2v) is 7.65. The van der Waals surface area contributed by atoms with Crippen molar-refractivity contribution in [3.63, 3.8) is 0 Å². The molecule has 0 fully saturated rings. The van der Waals surface area contributed by atoms with Crippen LogP contribution in [-0.4, -0.2) is 36.8 Å². The predicted octanol–water partition coefficient (Wildman–Crippen LogP) is 4.82. The van der Waals surface area contributed by atoms with Crippen LogP contribution in [0, 0.1) is 6.92 Å². The number of ether oxygens (including phenoxy) is 3. The molecule has 3 aromatic rings. The number of hydrogen-bond acceptors (Lipinski definition) is 7. The van der Waals surface area contributed by atoms with E-state index in [-0.39, 0.29) is 6.04 Å². The summed E-state index contributed by atoms with van der Waals surface area (Å²) in [7, 11) is 1.59. The van der Waals surface area contributed by atoms with Crippen molar-refractivity contribution in [2.45, 2.75) is 26.3 Å². The summed E-state index contributed by atoms with van der Waals surface area (Å²) in [5, 5.41) is 4.33. The van der Waals surface area contributed by atoms with E-state index in [9.17, 15) is 4.79 Å². The molecular formula is C22H24BrN3O4. The highest BCUT2D eigenvalue weighted by Gasteiger charge is 2.15. The van der Waals surface area contributed by atoms with Gasteiger partial charge in [0.15, 0.2) is 11.5 Å². The lowest BCUT2D eigenvalue weighted by atomic mass is 10.1. The normalized spacial score (nSPS) is 11.7. The Kier molecular flexibility index (Phi) is 7.46. The molecule has 0 spiro atoms. The maximum absolute atomic E-state index is 10.2. The van der Waals surface area contributed by atoms with Gasteiger partial charge >= 0.3 is 0 Å². The van der Waals surface area contributed by atoms with Crippen LogP contribution in [0.5, 0.6) is 11.5 Å². The SMILES string of the molecule is COc1cc2c(N[C@H](C)c3cccc(Br)c3)nc(C)nc2cc1OCCCOC=O. The number of fused-ring (bicyclic) bond motifs is 1. The molecule has 0 aliphatic carbocycles. The van der Waals surface area contributed by atoms with Crippen molar-refractivity contribution in [1.82, 2.24) is 9.97 Å². The summed E-state index contributed by atoms with van der Waals surface area (Å²) in [6, 6.07) is 11.9. The number of aromatic nitrogens is 2. The summed E-state index contributed by atoms with van der Waals surface area (Å²) < 4.78 is 17.1. The third-order valence-electron chi connectivity index (χ3n) is 4.53. The molecule has 0 bridgehead atoms. The van der Waals surface area contributed by atoms with E-state index in [1.807, 2.05) is 31.2 Å². The number of halogens is 1. The van der Waals surface area contributed by atoms with E-state index in [0.717, 1.165) is 26.8 Å². The molecule has 0 radical (unpaired) electrons. The molecule has 0 aliphatic rings. The third kappa shape index (κ3) is 5.38. The first kappa shape index (κ1) is 21.8. The summed E-state index contributed by atoms with van der Waals surface area (Å²) in [4.78, 5) is 19.4. The molecule has 8 heteroatoms. The molecule has 0 unspecified atom stereocenters. The number of carbonyl (C=O) groups is 1. The van der Waals surface area contributed by atoms with Crippen molar-refractivity contribution in [2.24, 2.45) is 0 Å². The average molecular weight is 474 g/mol. The van der Waals surface area contributed by atoms with E-state index >= 15 is 0 Å². The minimum absolute atomic E-state index is 0.0414. The van der Waals surface area contributed by atoms with E-state index in [1.165, 1.54) is 0 Å². The second-order valence-electron chi connectivity index (χ2n) is 6.73. The number of rotatable bonds is 10. The number of benzene rings is 2. The van der Waals surface area contributed by atoms with Crippen molar-refractivity contribution in [1.29, 1.82) is 0 Å². The molecular weight excluding hydrogens is 450 g/mol. The molecule has 0 saturated carbocycles. The van der Waals surface area contributed by atoms with Crippen LogP contribution in [0.25, 0.3) is 10.9 Å². The van der Waals surface area contributed by atoms with Gasteiger partial charge in [-0.05, 0) is 37.6 Å². The summed E-state index contributed by atoms with van der Waals surface area (Å²) >= 11 is 3.52. The van der Waals surface area contributed by atoms with Gasteiger partial charge < -0.3 is 19.5 Å². The molecule has 7 nitrogen and oxygen atoms in total. The van der Waals surface area contributed by atoms with Crippen LogP contribution >= 0.6 is 15.9 Å². The molecule has 1 aromatic heterocycles. The lowest BCUT2D eigenvalue weighted by Crippen LogP contribution is -2.10. The lowest BCUT2D eigenvalue weighted by Gasteiger charge is -2.18. The highest BCUT2D eigenvalue weighted by Crippen LogP contribution is 2.35. The molecule has 0 amide bonds. The minimum atomic E-state index is 0.0414. The Balaban J connectivity index is 1.89. The van der Waals surface area contributed by atoms with Gasteiger partial charge in [0.1, 0.15) is 11.6 Å². The van der Waals surface area contributed by atoms with Gasteiger partial charge in [-0.3, -0.25) is 4.79 Å². The standard InChI is InChI=1S/C22H24BrN3O4/c1-14(16-6-4-7-17(23)10-16)24-22-18-11-20(28-3)21(30-9-5-8-29-13-27)12-19(18)25-15(2)26-22/h4,6-7,10-14H,5,8-9H2,1-3H3,(H,24,25,26)/t14-/m1/s1. The Morgan fingerprint density at radius 1 is 1.17 bits per heavy atom. The topological polar surface area (TPSA) is 82.6 Å². The van der Waals surface area contributed by atoms with Gasteiger partial charge in [-0.15, -0.1) is 0 Å². The zero-order valence-corrected chi connectivity index (χ0v) is 18.7. The van der Waals surface area contributed by atoms with Crippen molar-refractivity contribution in [2.75, 3.05) is 25.6 Å². The molecule has 2 aromatic carbocycles. The first-order valence-electron chi connectivity index (χ1n) is 9.58. The van der Waals surface area contributed by atoms with Gasteiger partial charge in [-0.2, -0.15) is 0 Å². The van der Waals surface area contributed by atoms with Gasteiger partial charge in [-0.25, -0.2) is 9.97 Å². The molecule has 1 heterocycles. The Bertz CT molecular complexity index is 1030. The molecule has 30 heavy (non-hydrogen) atoms. The molecule has 1 N–H and O–H groups in total. The van der Waals surface area contributed by atoms with Gasteiger partial charge in [0.05, 0.1) is 31.9 Å². The Morgan fingerprint density at radius 3 is 2.73 bits per heavy atom. The maximum atomic E-state index is 10.2. The number of nitrogens with zero attached hydrogens (tertiary/aromatic N) is 2. The van der Waals surface area contributed by atoms with Crippen LogP contribution in [0.1, 0.15) is 30.8 Å². The quantitative estimate of drug-likeness (QED) is 0.333. The minimum Gasteiger partial charge on any atom is -0.493 e. The van der Waals surface area contributed by atoms with E-state index in [1.54, 1.807) is 7.11 Å². The molecule has 3 rings (SSSR count). The number of anilines is 1. The number of carbonyl (C=O) groups excluding carboxylic acids is 1. The van der Waals surface area contributed by atoms with E-state index in [4.69, 9.17) is 9.47 Å². The monoisotopic (exact) mass is 473 g/mol. The van der Waals surface area contributed by atoms with Gasteiger partial charge in [-0.1, -0.05) is 28.1 Å². The summed E-state index contributed by atoms with van der Waals surface area (Å²) in [6.45, 7) is 5.07. The number of methoxy groups -OCH3 is 1. The van der Waals surface area contributed by atoms with Crippen LogP contribution in [-0.2, 0) is 9.53 Å². The zero-order chi connectivity index (χ0) is 21.5. The molecule has 0 saturated heterocycles. The van der Waals surface area contributed by atoms with Gasteiger partial charge in [0.2, 0.25) is 0 Å². The van der Waals surface area contributed by atoms with E-state index < -0.39 is 0 Å². The predicted molar refractivity (Wildman–Crippen MR) is 119 cm³/mol. The van der Waals surface area contributed by atoms with Crippen LogP contribution in [0.3, 0.4) is 0 Å². The largest absolute Gasteiger partial charge is 0.493 e. The van der Waals surface area contributed by atoms with Crippen molar-refractivity contribution in [3.05, 3.63) is 52.3 Å². The van der Waals surface area contributed by atoms with E-state index in [2.05, 4.69) is 55.0 Å². The fourth-order valence-electron chi connectivity index (χ4n) is 3.07. The maximum Gasteiger partial charge on any atom is 0.293 e. The molecule has 1 atom stereocenters.